The number of carbonyl (C=O) groups is 1. The summed E-state index contributed by atoms with van der Waals surface area (Å²) in [6, 6.07) is 4.34. The Morgan fingerprint density at radius 3 is 3.00 bits per heavy atom. The van der Waals surface area contributed by atoms with Crippen molar-refractivity contribution >= 4 is 21.8 Å². The number of rotatable bonds is 2. The van der Waals surface area contributed by atoms with Crippen LogP contribution in [0, 0.1) is 5.82 Å². The largest absolute Gasteiger partial charge is 0.380 e. The summed E-state index contributed by atoms with van der Waals surface area (Å²) >= 11 is 3.09. The van der Waals surface area contributed by atoms with Crippen LogP contribution in [0.5, 0.6) is 0 Å². The van der Waals surface area contributed by atoms with Crippen LogP contribution in [0.25, 0.3) is 0 Å². The quantitative estimate of drug-likeness (QED) is 0.840. The third-order valence-corrected chi connectivity index (χ3v) is 3.77. The molecule has 1 saturated heterocycles. The highest BCUT2D eigenvalue weighted by Gasteiger charge is 2.24. The predicted molar refractivity (Wildman–Crippen MR) is 70.0 cm³/mol. The molecule has 1 aromatic rings. The van der Waals surface area contributed by atoms with Crippen molar-refractivity contribution in [3.63, 3.8) is 0 Å². The molecule has 1 fully saturated rings. The summed E-state index contributed by atoms with van der Waals surface area (Å²) in [4.78, 5) is 14.0. The lowest BCUT2D eigenvalue weighted by molar-refractivity contribution is 0.0269. The van der Waals surface area contributed by atoms with E-state index in [1.54, 1.807) is 12.0 Å². The van der Waals surface area contributed by atoms with Crippen molar-refractivity contribution < 1.29 is 13.9 Å². The fourth-order valence-corrected chi connectivity index (χ4v) is 2.51. The number of hydrogen-bond donors (Lipinski definition) is 0. The van der Waals surface area contributed by atoms with Gasteiger partial charge in [-0.05, 0) is 47.0 Å². The van der Waals surface area contributed by atoms with E-state index in [0.717, 1.165) is 19.4 Å². The molecule has 0 N–H and O–H groups in total. The molecule has 1 aromatic carbocycles. The first-order valence-electron chi connectivity index (χ1n) is 5.89. The summed E-state index contributed by atoms with van der Waals surface area (Å²) in [6.45, 7) is 1.33. The van der Waals surface area contributed by atoms with Crippen LogP contribution in [0.4, 0.5) is 4.39 Å². The highest BCUT2D eigenvalue weighted by molar-refractivity contribution is 9.10. The van der Waals surface area contributed by atoms with Crippen molar-refractivity contribution in [3.05, 3.63) is 34.1 Å². The number of piperidine rings is 1. The first-order valence-corrected chi connectivity index (χ1v) is 6.68. The molecule has 0 bridgehead atoms. The smallest absolute Gasteiger partial charge is 0.253 e. The van der Waals surface area contributed by atoms with E-state index in [-0.39, 0.29) is 17.8 Å². The molecule has 98 valence electrons. The van der Waals surface area contributed by atoms with Gasteiger partial charge < -0.3 is 9.64 Å². The maximum absolute atomic E-state index is 13.1. The van der Waals surface area contributed by atoms with Gasteiger partial charge in [0.15, 0.2) is 0 Å². The van der Waals surface area contributed by atoms with Crippen LogP contribution in [-0.4, -0.2) is 37.1 Å². The molecule has 2 rings (SSSR count). The molecule has 0 saturated carbocycles. The molecular weight excluding hydrogens is 301 g/mol. The number of carbonyl (C=O) groups excluding carboxylic acids is 1. The van der Waals surface area contributed by atoms with Crippen LogP contribution < -0.4 is 0 Å². The van der Waals surface area contributed by atoms with Gasteiger partial charge in [-0.15, -0.1) is 0 Å². The first kappa shape index (κ1) is 13.5. The molecule has 0 aromatic heterocycles. The molecular formula is C13H15BrFNO2. The lowest BCUT2D eigenvalue weighted by atomic mass is 10.1. The fourth-order valence-electron chi connectivity index (χ4n) is 2.13. The zero-order valence-electron chi connectivity index (χ0n) is 10.2. The second kappa shape index (κ2) is 5.80. The molecule has 3 nitrogen and oxygen atoms in total. The Morgan fingerprint density at radius 2 is 2.33 bits per heavy atom. The SMILES string of the molecule is COC1CCCN(C(=O)c2ccc(F)c(Br)c2)C1. The van der Waals surface area contributed by atoms with Crippen LogP contribution in [0.3, 0.4) is 0 Å². The van der Waals surface area contributed by atoms with Crippen molar-refractivity contribution in [1.29, 1.82) is 0 Å². The van der Waals surface area contributed by atoms with Gasteiger partial charge in [0.1, 0.15) is 5.82 Å². The normalized spacial score (nSPS) is 19.9. The lowest BCUT2D eigenvalue weighted by Gasteiger charge is -2.32. The van der Waals surface area contributed by atoms with Gasteiger partial charge in [-0.2, -0.15) is 0 Å². The van der Waals surface area contributed by atoms with Gasteiger partial charge in [-0.1, -0.05) is 0 Å². The molecule has 1 aliphatic heterocycles. The Balaban J connectivity index is 2.12. The molecule has 1 heterocycles. The number of ether oxygens (including phenoxy) is 1. The van der Waals surface area contributed by atoms with E-state index in [9.17, 15) is 9.18 Å². The maximum atomic E-state index is 13.1. The van der Waals surface area contributed by atoms with Gasteiger partial charge >= 0.3 is 0 Å². The maximum Gasteiger partial charge on any atom is 0.253 e. The molecule has 1 aliphatic rings. The topological polar surface area (TPSA) is 29.5 Å². The van der Waals surface area contributed by atoms with E-state index in [1.807, 2.05) is 0 Å². The zero-order valence-corrected chi connectivity index (χ0v) is 11.7. The molecule has 5 heteroatoms. The van der Waals surface area contributed by atoms with Crippen LogP contribution in [0.1, 0.15) is 23.2 Å². The summed E-state index contributed by atoms with van der Waals surface area (Å²) in [5.41, 5.74) is 0.500. The first-order chi connectivity index (χ1) is 8.61. The second-order valence-electron chi connectivity index (χ2n) is 4.38. The summed E-state index contributed by atoms with van der Waals surface area (Å²) in [5.74, 6) is -0.433. The monoisotopic (exact) mass is 315 g/mol. The molecule has 1 atom stereocenters. The highest BCUT2D eigenvalue weighted by Crippen LogP contribution is 2.20. The number of halogens is 2. The van der Waals surface area contributed by atoms with E-state index in [4.69, 9.17) is 4.74 Å². The average Bonchev–Trinajstić information content (AvgIpc) is 2.41. The Hall–Kier alpha value is -0.940. The number of nitrogens with zero attached hydrogens (tertiary/aromatic N) is 1. The van der Waals surface area contributed by atoms with E-state index < -0.39 is 0 Å². The van der Waals surface area contributed by atoms with Crippen LogP contribution in [0.2, 0.25) is 0 Å². The van der Waals surface area contributed by atoms with Crippen molar-refractivity contribution in [3.8, 4) is 0 Å². The molecule has 18 heavy (non-hydrogen) atoms. The van der Waals surface area contributed by atoms with Gasteiger partial charge in [0, 0.05) is 25.8 Å². The van der Waals surface area contributed by atoms with Crippen LogP contribution in [0.15, 0.2) is 22.7 Å². The molecule has 1 unspecified atom stereocenters. The average molecular weight is 316 g/mol. The predicted octanol–water partition coefficient (Wildman–Crippen LogP) is 2.84. The minimum Gasteiger partial charge on any atom is -0.380 e. The van der Waals surface area contributed by atoms with Gasteiger partial charge in [0.05, 0.1) is 10.6 Å². The minimum atomic E-state index is -0.361. The minimum absolute atomic E-state index is 0.0718. The highest BCUT2D eigenvalue weighted by atomic mass is 79.9. The Labute approximate surface area is 114 Å². The van der Waals surface area contributed by atoms with E-state index in [1.165, 1.54) is 18.2 Å². The summed E-state index contributed by atoms with van der Waals surface area (Å²) in [6.07, 6.45) is 2.02. The molecule has 0 aliphatic carbocycles. The molecule has 1 amide bonds. The summed E-state index contributed by atoms with van der Waals surface area (Å²) in [5, 5.41) is 0. The molecule has 0 spiro atoms. The van der Waals surface area contributed by atoms with Gasteiger partial charge in [0.2, 0.25) is 0 Å². The van der Waals surface area contributed by atoms with E-state index >= 15 is 0 Å². The van der Waals surface area contributed by atoms with Crippen LogP contribution >= 0.6 is 15.9 Å². The van der Waals surface area contributed by atoms with E-state index in [0.29, 0.717) is 16.6 Å². The zero-order chi connectivity index (χ0) is 13.1. The van der Waals surface area contributed by atoms with Crippen molar-refractivity contribution in [2.24, 2.45) is 0 Å². The number of methoxy groups -OCH3 is 1. The summed E-state index contributed by atoms with van der Waals surface area (Å²) in [7, 11) is 1.66. The number of hydrogen-bond acceptors (Lipinski definition) is 2. The number of benzene rings is 1. The van der Waals surface area contributed by atoms with Gasteiger partial charge in [0.25, 0.3) is 5.91 Å². The summed E-state index contributed by atoms with van der Waals surface area (Å²) < 4.78 is 18.7. The van der Waals surface area contributed by atoms with Crippen molar-refractivity contribution in [2.75, 3.05) is 20.2 Å². The standard InChI is InChI=1S/C13H15BrFNO2/c1-18-10-3-2-6-16(8-10)13(17)9-4-5-12(15)11(14)7-9/h4-5,7,10H,2-3,6,8H2,1H3. The Bertz CT molecular complexity index is 453. The lowest BCUT2D eigenvalue weighted by Crippen LogP contribution is -2.42. The number of likely N-dealkylation sites (tertiary alicyclic amines) is 1. The third-order valence-electron chi connectivity index (χ3n) is 3.17. The number of amides is 1. The second-order valence-corrected chi connectivity index (χ2v) is 5.23. The van der Waals surface area contributed by atoms with Gasteiger partial charge in [-0.3, -0.25) is 4.79 Å². The Kier molecular flexibility index (Phi) is 4.35. The van der Waals surface area contributed by atoms with Crippen LogP contribution in [-0.2, 0) is 4.74 Å². The van der Waals surface area contributed by atoms with Crippen molar-refractivity contribution in [2.45, 2.75) is 18.9 Å². The van der Waals surface area contributed by atoms with E-state index in [2.05, 4.69) is 15.9 Å². The molecule has 0 radical (unpaired) electrons. The Morgan fingerprint density at radius 1 is 1.56 bits per heavy atom. The fraction of sp³-hybridized carbons (Fsp3) is 0.462. The van der Waals surface area contributed by atoms with Gasteiger partial charge in [-0.25, -0.2) is 4.39 Å². The third kappa shape index (κ3) is 2.90. The van der Waals surface area contributed by atoms with Crippen molar-refractivity contribution in [1.82, 2.24) is 4.90 Å².